The second-order valence-electron chi connectivity index (χ2n) is 8.40. The van der Waals surface area contributed by atoms with E-state index in [1.165, 1.54) is 56.2 Å². The maximum atomic E-state index is 5.99. The summed E-state index contributed by atoms with van der Waals surface area (Å²) in [5, 5.41) is 3.64. The summed E-state index contributed by atoms with van der Waals surface area (Å²) >= 11 is 0. The Morgan fingerprint density at radius 3 is 2.13 bits per heavy atom. The first kappa shape index (κ1) is 16.8. The van der Waals surface area contributed by atoms with E-state index < -0.39 is 0 Å². The molecule has 2 saturated carbocycles. The molecule has 3 N–H and O–H groups in total. The van der Waals surface area contributed by atoms with E-state index in [-0.39, 0.29) is 0 Å². The molecule has 0 heterocycles. The first-order valence-electron chi connectivity index (χ1n) is 9.69. The van der Waals surface area contributed by atoms with E-state index >= 15 is 0 Å². The molecule has 0 saturated heterocycles. The van der Waals surface area contributed by atoms with Crippen LogP contribution >= 0.6 is 0 Å². The molecule has 3 rings (SSSR count). The van der Waals surface area contributed by atoms with Crippen LogP contribution in [0.15, 0.2) is 24.3 Å². The van der Waals surface area contributed by atoms with Crippen LogP contribution in [0.3, 0.4) is 0 Å². The molecule has 2 aliphatic carbocycles. The summed E-state index contributed by atoms with van der Waals surface area (Å²) in [6.45, 7) is 5.92. The topological polar surface area (TPSA) is 38.0 Å². The number of benzene rings is 1. The molecule has 2 atom stereocenters. The Kier molecular flexibility index (Phi) is 5.63. The Balaban J connectivity index is 1.51. The number of anilines is 1. The second-order valence-corrected chi connectivity index (χ2v) is 8.40. The molecule has 0 aromatic heterocycles. The fourth-order valence-corrected chi connectivity index (χ4v) is 4.75. The van der Waals surface area contributed by atoms with Gasteiger partial charge in [0.15, 0.2) is 0 Å². The van der Waals surface area contributed by atoms with Crippen LogP contribution in [0.25, 0.3) is 0 Å². The summed E-state index contributed by atoms with van der Waals surface area (Å²) in [6, 6.07) is 9.73. The van der Waals surface area contributed by atoms with Crippen molar-refractivity contribution in [3.8, 4) is 0 Å². The highest BCUT2D eigenvalue weighted by Crippen LogP contribution is 2.39. The van der Waals surface area contributed by atoms with Crippen molar-refractivity contribution in [3.05, 3.63) is 29.8 Å². The zero-order chi connectivity index (χ0) is 16.2. The lowest BCUT2D eigenvalue weighted by Crippen LogP contribution is -2.29. The molecule has 1 aromatic rings. The van der Waals surface area contributed by atoms with Crippen molar-refractivity contribution in [1.82, 2.24) is 0 Å². The molecule has 0 amide bonds. The van der Waals surface area contributed by atoms with Crippen molar-refractivity contribution >= 4 is 5.69 Å². The van der Waals surface area contributed by atoms with Gasteiger partial charge in [0.1, 0.15) is 0 Å². The van der Waals surface area contributed by atoms with Gasteiger partial charge in [-0.05, 0) is 86.3 Å². The van der Waals surface area contributed by atoms with Crippen LogP contribution in [0.2, 0.25) is 0 Å². The second kappa shape index (κ2) is 7.70. The van der Waals surface area contributed by atoms with Gasteiger partial charge in [-0.15, -0.1) is 0 Å². The molecule has 2 unspecified atom stereocenters. The smallest absolute Gasteiger partial charge is 0.0340 e. The van der Waals surface area contributed by atoms with E-state index in [0.717, 1.165) is 30.2 Å². The van der Waals surface area contributed by atoms with Crippen LogP contribution < -0.4 is 11.1 Å². The maximum Gasteiger partial charge on any atom is 0.0340 e. The van der Waals surface area contributed by atoms with Gasteiger partial charge in [-0.25, -0.2) is 0 Å². The molecule has 23 heavy (non-hydrogen) atoms. The molecule has 0 radical (unpaired) electrons. The zero-order valence-corrected chi connectivity index (χ0v) is 14.9. The predicted octanol–water partition coefficient (Wildman–Crippen LogP) is 5.16. The Morgan fingerprint density at radius 2 is 1.52 bits per heavy atom. The largest absolute Gasteiger partial charge is 0.385 e. The minimum Gasteiger partial charge on any atom is -0.385 e. The van der Waals surface area contributed by atoms with Crippen molar-refractivity contribution in [2.24, 2.45) is 23.5 Å². The highest BCUT2D eigenvalue weighted by molar-refractivity contribution is 5.45. The lowest BCUT2D eigenvalue weighted by atomic mass is 9.74. The molecular formula is C21H34N2. The van der Waals surface area contributed by atoms with Crippen LogP contribution in [0.1, 0.15) is 70.3 Å². The summed E-state index contributed by atoms with van der Waals surface area (Å²) in [4.78, 5) is 0. The van der Waals surface area contributed by atoms with Crippen LogP contribution in [0.5, 0.6) is 0 Å². The number of nitrogens with two attached hydrogens (primary N) is 1. The number of nitrogens with one attached hydrogen (secondary N) is 1. The van der Waals surface area contributed by atoms with Crippen molar-refractivity contribution < 1.29 is 0 Å². The molecule has 2 nitrogen and oxygen atoms in total. The van der Waals surface area contributed by atoms with Gasteiger partial charge in [-0.2, -0.15) is 0 Å². The summed E-state index contributed by atoms with van der Waals surface area (Å²) in [6.07, 6.45) is 9.08. The van der Waals surface area contributed by atoms with E-state index in [9.17, 15) is 0 Å². The lowest BCUT2D eigenvalue weighted by Gasteiger charge is -2.32. The summed E-state index contributed by atoms with van der Waals surface area (Å²) in [7, 11) is 0. The fraction of sp³-hybridized carbons (Fsp3) is 0.714. The molecule has 2 fully saturated rings. The van der Waals surface area contributed by atoms with Crippen molar-refractivity contribution in [3.63, 3.8) is 0 Å². The minimum atomic E-state index is 0.450. The van der Waals surface area contributed by atoms with Gasteiger partial charge in [0.2, 0.25) is 0 Å². The number of hydrogen-bond donors (Lipinski definition) is 2. The quantitative estimate of drug-likeness (QED) is 0.806. The standard InChI is InChI=1S/C21H34N2/c1-15-11-16(2)13-19(12-15)18-5-9-21(10-6-18)23-14-17-3-7-20(22)8-4-17/h5-6,9-10,15-17,19-20,23H,3-4,7-8,11-14,22H2,1-2H3. The molecular weight excluding hydrogens is 280 g/mol. The molecule has 1 aromatic carbocycles. The summed E-state index contributed by atoms with van der Waals surface area (Å²) in [5.74, 6) is 3.32. The zero-order valence-electron chi connectivity index (χ0n) is 14.9. The van der Waals surface area contributed by atoms with Crippen LogP contribution in [0.4, 0.5) is 5.69 Å². The Bertz CT molecular complexity index is 463. The lowest BCUT2D eigenvalue weighted by molar-refractivity contribution is 0.268. The van der Waals surface area contributed by atoms with Crippen molar-refractivity contribution in [2.75, 3.05) is 11.9 Å². The van der Waals surface area contributed by atoms with Crippen LogP contribution in [-0.4, -0.2) is 12.6 Å². The van der Waals surface area contributed by atoms with Gasteiger partial charge in [-0.3, -0.25) is 0 Å². The molecule has 0 bridgehead atoms. The molecule has 2 aliphatic rings. The SMILES string of the molecule is CC1CC(C)CC(c2ccc(NCC3CCC(N)CC3)cc2)C1. The Morgan fingerprint density at radius 1 is 0.913 bits per heavy atom. The molecule has 0 spiro atoms. The van der Waals surface area contributed by atoms with Crippen LogP contribution in [0, 0.1) is 17.8 Å². The van der Waals surface area contributed by atoms with Crippen molar-refractivity contribution in [2.45, 2.75) is 70.8 Å². The van der Waals surface area contributed by atoms with Gasteiger partial charge in [-0.1, -0.05) is 26.0 Å². The third-order valence-corrected chi connectivity index (χ3v) is 6.05. The van der Waals surface area contributed by atoms with E-state index in [1.54, 1.807) is 0 Å². The average Bonchev–Trinajstić information content (AvgIpc) is 2.54. The Hall–Kier alpha value is -1.02. The first-order chi connectivity index (χ1) is 11.1. The normalized spacial score (nSPS) is 35.0. The van der Waals surface area contributed by atoms with Crippen LogP contribution in [-0.2, 0) is 0 Å². The molecule has 2 heteroatoms. The highest BCUT2D eigenvalue weighted by atomic mass is 14.9. The van der Waals surface area contributed by atoms with E-state index in [2.05, 4.69) is 43.4 Å². The van der Waals surface area contributed by atoms with Gasteiger partial charge in [0.05, 0.1) is 0 Å². The van der Waals surface area contributed by atoms with Gasteiger partial charge in [0, 0.05) is 18.3 Å². The van der Waals surface area contributed by atoms with E-state index in [0.29, 0.717) is 6.04 Å². The third kappa shape index (κ3) is 4.73. The highest BCUT2D eigenvalue weighted by Gasteiger charge is 2.25. The Labute approximate surface area is 142 Å². The maximum absolute atomic E-state index is 5.99. The van der Waals surface area contributed by atoms with Gasteiger partial charge in [0.25, 0.3) is 0 Å². The number of hydrogen-bond acceptors (Lipinski definition) is 2. The predicted molar refractivity (Wildman–Crippen MR) is 99.8 cm³/mol. The molecule has 128 valence electrons. The van der Waals surface area contributed by atoms with E-state index in [4.69, 9.17) is 5.73 Å². The van der Waals surface area contributed by atoms with Crippen molar-refractivity contribution in [1.29, 1.82) is 0 Å². The average molecular weight is 315 g/mol. The molecule has 0 aliphatic heterocycles. The fourth-order valence-electron chi connectivity index (χ4n) is 4.75. The summed E-state index contributed by atoms with van der Waals surface area (Å²) < 4.78 is 0. The number of rotatable bonds is 4. The minimum absolute atomic E-state index is 0.450. The first-order valence-corrected chi connectivity index (χ1v) is 9.69. The van der Waals surface area contributed by atoms with Gasteiger partial charge < -0.3 is 11.1 Å². The third-order valence-electron chi connectivity index (χ3n) is 6.05. The summed E-state index contributed by atoms with van der Waals surface area (Å²) in [5.41, 5.74) is 8.81. The van der Waals surface area contributed by atoms with E-state index in [1.807, 2.05) is 0 Å². The van der Waals surface area contributed by atoms with Gasteiger partial charge >= 0.3 is 0 Å². The monoisotopic (exact) mass is 314 g/mol.